The van der Waals surface area contributed by atoms with Crippen LogP contribution in [0.1, 0.15) is 105 Å². The van der Waals surface area contributed by atoms with E-state index in [1.807, 2.05) is 72.8 Å². The van der Waals surface area contributed by atoms with Crippen LogP contribution in [0.3, 0.4) is 0 Å². The number of para-hydroxylation sites is 2. The van der Waals surface area contributed by atoms with Gasteiger partial charge >= 0.3 is 0 Å². The molecule has 0 unspecified atom stereocenters. The molecule has 5 heteroatoms. The Hall–Kier alpha value is -3.26. The second kappa shape index (κ2) is 12.9. The molecule has 0 aromatic heterocycles. The minimum absolute atomic E-state index is 0. The van der Waals surface area contributed by atoms with E-state index in [4.69, 9.17) is 10.6 Å². The fraction of sp³-hybridized carbons (Fsp3) is 0.400. The van der Waals surface area contributed by atoms with Gasteiger partial charge in [-0.1, -0.05) is 167 Å². The van der Waals surface area contributed by atoms with Gasteiger partial charge in [-0.15, -0.1) is 34.2 Å². The van der Waals surface area contributed by atoms with Crippen LogP contribution in [0.2, 0.25) is 0 Å². The summed E-state index contributed by atoms with van der Waals surface area (Å²) in [4.78, 5) is 0. The number of rotatable bonds is 5. The number of nitrogens with zero attached hydrogens (tertiary/aromatic N) is 2. The summed E-state index contributed by atoms with van der Waals surface area (Å²) in [5, 5.41) is 37.6. The molecule has 0 saturated carbocycles. The van der Waals surface area contributed by atoms with E-state index < -0.39 is 0 Å². The van der Waals surface area contributed by atoms with E-state index in [0.717, 1.165) is 33.4 Å². The molecular weight excluding hydrogens is 647 g/mol. The molecule has 0 aliphatic heterocycles. The van der Waals surface area contributed by atoms with Crippen molar-refractivity contribution in [1.82, 2.24) is 0 Å². The van der Waals surface area contributed by atoms with E-state index >= 15 is 0 Å². The summed E-state index contributed by atoms with van der Waals surface area (Å²) in [5.74, 6) is -0.106. The molecule has 0 amide bonds. The monoisotopic (exact) mass is 694 g/mol. The van der Waals surface area contributed by atoms with E-state index in [1.54, 1.807) is 0 Å². The average molecular weight is 695 g/mol. The van der Waals surface area contributed by atoms with Crippen LogP contribution in [-0.2, 0) is 42.1 Å². The Bertz CT molecular complexity index is 1540. The van der Waals surface area contributed by atoms with E-state index in [2.05, 4.69) is 83.1 Å². The Morgan fingerprint density at radius 2 is 0.733 bits per heavy atom. The molecule has 0 N–H and O–H groups in total. The molecule has 0 heterocycles. The maximum absolute atomic E-state index is 13.8. The van der Waals surface area contributed by atoms with Gasteiger partial charge in [-0.3, -0.25) is 0 Å². The zero-order valence-corrected chi connectivity index (χ0v) is 30.5. The zero-order valence-electron chi connectivity index (χ0n) is 29.0. The summed E-state index contributed by atoms with van der Waals surface area (Å²) in [6.45, 7) is 25.3. The largest absolute Gasteiger partial charge is 0.873 e. The second-order valence-corrected chi connectivity index (χ2v) is 16.0. The van der Waals surface area contributed by atoms with E-state index in [0.29, 0.717) is 22.7 Å². The molecule has 0 atom stereocenters. The van der Waals surface area contributed by atoms with Crippen molar-refractivity contribution in [3.63, 3.8) is 0 Å². The van der Waals surface area contributed by atoms with Gasteiger partial charge in [0.1, 0.15) is 0 Å². The number of hydrogen-bond acceptors (Lipinski definition) is 2. The van der Waals surface area contributed by atoms with E-state index in [-0.39, 0.29) is 53.6 Å². The third kappa shape index (κ3) is 8.13. The van der Waals surface area contributed by atoms with Crippen molar-refractivity contribution in [1.29, 1.82) is 0 Å². The molecule has 0 fully saturated rings. The van der Waals surface area contributed by atoms with Crippen molar-refractivity contribution >= 4 is 22.7 Å². The first-order valence-corrected chi connectivity index (χ1v) is 15.5. The van der Waals surface area contributed by atoms with Crippen molar-refractivity contribution in [2.75, 3.05) is 0 Å². The minimum Gasteiger partial charge on any atom is -0.873 e. The molecular formula is C40H48N2O2Pd-4. The standard InChI is InChI=1S/C40H50N2O2.Pd/c1-37(2,3)25-21-29(39(7,8)9)35(43)33(23-25)41-31-19-15-13-17-27(31)28-18-14-16-20-32(28)42-34-24-26(38(4,5)6)22-30(36(34)44)40(10,11)12;/h13-24,43-44H,1-12H3;/q-2;/p-2. The van der Waals surface area contributed by atoms with Gasteiger partial charge in [-0.05, 0) is 43.9 Å². The minimum atomic E-state index is -0.322. The Morgan fingerprint density at radius 3 is 1.02 bits per heavy atom. The van der Waals surface area contributed by atoms with Crippen LogP contribution in [-0.4, -0.2) is 0 Å². The van der Waals surface area contributed by atoms with Crippen LogP contribution in [0.15, 0.2) is 72.8 Å². The average Bonchev–Trinajstić information content (AvgIpc) is 2.89. The maximum atomic E-state index is 13.8. The van der Waals surface area contributed by atoms with Crippen LogP contribution in [0.25, 0.3) is 21.8 Å². The summed E-state index contributed by atoms with van der Waals surface area (Å²) in [6.07, 6.45) is 0. The molecule has 4 aromatic carbocycles. The van der Waals surface area contributed by atoms with Gasteiger partial charge in [0.25, 0.3) is 0 Å². The molecule has 0 aliphatic carbocycles. The molecule has 4 nitrogen and oxygen atoms in total. The van der Waals surface area contributed by atoms with Gasteiger partial charge in [0, 0.05) is 20.4 Å². The van der Waals surface area contributed by atoms with Crippen LogP contribution in [0.5, 0.6) is 11.5 Å². The third-order valence-corrected chi connectivity index (χ3v) is 8.07. The Kier molecular flexibility index (Phi) is 10.3. The van der Waals surface area contributed by atoms with Crippen molar-refractivity contribution < 1.29 is 30.6 Å². The molecule has 244 valence electrons. The summed E-state index contributed by atoms with van der Waals surface area (Å²) in [6, 6.07) is 23.6. The molecule has 0 radical (unpaired) electrons. The molecule has 0 aliphatic rings. The molecule has 0 bridgehead atoms. The van der Waals surface area contributed by atoms with Gasteiger partial charge in [0.05, 0.1) is 0 Å². The van der Waals surface area contributed by atoms with Gasteiger partial charge < -0.3 is 20.8 Å². The summed E-state index contributed by atoms with van der Waals surface area (Å²) >= 11 is 0. The van der Waals surface area contributed by atoms with Crippen molar-refractivity contribution in [2.45, 2.75) is 105 Å². The number of hydrogen-bond donors (Lipinski definition) is 0. The summed E-state index contributed by atoms with van der Waals surface area (Å²) < 4.78 is 0. The Labute approximate surface area is 285 Å². The predicted molar refractivity (Wildman–Crippen MR) is 184 cm³/mol. The van der Waals surface area contributed by atoms with Gasteiger partial charge in [-0.2, -0.15) is 0 Å². The van der Waals surface area contributed by atoms with Crippen molar-refractivity contribution in [2.24, 2.45) is 0 Å². The van der Waals surface area contributed by atoms with Gasteiger partial charge in [0.2, 0.25) is 0 Å². The predicted octanol–water partition coefficient (Wildman–Crippen LogP) is 11.4. The maximum Gasteiger partial charge on any atom is 0 e. The fourth-order valence-corrected chi connectivity index (χ4v) is 5.23. The van der Waals surface area contributed by atoms with E-state index in [1.165, 1.54) is 0 Å². The summed E-state index contributed by atoms with van der Waals surface area (Å²) in [7, 11) is 0. The van der Waals surface area contributed by atoms with Crippen LogP contribution in [0.4, 0.5) is 22.7 Å². The molecule has 4 rings (SSSR count). The zero-order chi connectivity index (χ0) is 32.8. The third-order valence-electron chi connectivity index (χ3n) is 8.07. The van der Waals surface area contributed by atoms with Gasteiger partial charge in [0.15, 0.2) is 0 Å². The molecule has 4 aromatic rings. The van der Waals surface area contributed by atoms with E-state index in [9.17, 15) is 10.2 Å². The Morgan fingerprint density at radius 1 is 0.422 bits per heavy atom. The normalized spacial score (nSPS) is 12.4. The van der Waals surface area contributed by atoms with Crippen LogP contribution >= 0.6 is 0 Å². The van der Waals surface area contributed by atoms with Crippen LogP contribution < -0.4 is 10.2 Å². The summed E-state index contributed by atoms with van der Waals surface area (Å²) in [5.41, 5.74) is 6.64. The number of benzene rings is 4. The topological polar surface area (TPSA) is 74.3 Å². The SMILES string of the molecule is CC(C)(C)c1cc([N-]c2ccccc2-c2ccccc2[N-]c2cc(C(C)(C)C)cc(C(C)(C)C)c2[O-])c([O-])c(C(C)(C)C)c1.[Pd]. The first kappa shape index (κ1) is 36.2. The molecule has 45 heavy (non-hydrogen) atoms. The first-order chi connectivity index (χ1) is 20.2. The fourth-order valence-electron chi connectivity index (χ4n) is 5.23. The molecule has 0 spiro atoms. The van der Waals surface area contributed by atoms with Crippen LogP contribution in [0, 0.1) is 0 Å². The molecule has 0 saturated heterocycles. The smallest absolute Gasteiger partial charge is 0 e. The van der Waals surface area contributed by atoms with Crippen molar-refractivity contribution in [3.05, 3.63) is 106 Å². The second-order valence-electron chi connectivity index (χ2n) is 16.0. The first-order valence-electron chi connectivity index (χ1n) is 15.5. The Balaban J connectivity index is 0.00000552. The van der Waals surface area contributed by atoms with Crippen molar-refractivity contribution in [3.8, 4) is 22.6 Å². The quantitative estimate of drug-likeness (QED) is 0.195. The van der Waals surface area contributed by atoms with Gasteiger partial charge in [-0.25, -0.2) is 0 Å².